The number of piperazine rings is 1. The van der Waals surface area contributed by atoms with Crippen molar-refractivity contribution < 1.29 is 29.3 Å². The van der Waals surface area contributed by atoms with Crippen LogP contribution in [0.5, 0.6) is 5.75 Å². The van der Waals surface area contributed by atoms with Gasteiger partial charge in [-0.25, -0.2) is 9.78 Å². The number of β-amino-alcohol motifs (C(OH)–C–C–N with tert-alkyl or cyclic N) is 1. The van der Waals surface area contributed by atoms with Crippen LogP contribution in [0.3, 0.4) is 0 Å². The number of amides is 3. The number of carboxylic acid groups (broad SMARTS) is 1. The maximum atomic E-state index is 14.0. The number of fused-ring (bicyclic) bond motifs is 1. The van der Waals surface area contributed by atoms with Gasteiger partial charge in [-0.2, -0.15) is 4.98 Å². The molecule has 0 spiro atoms. The second-order valence-corrected chi connectivity index (χ2v) is 12.0. The number of hydrogen-bond donors (Lipinski definition) is 5. The van der Waals surface area contributed by atoms with E-state index in [2.05, 4.69) is 25.3 Å². The van der Waals surface area contributed by atoms with Crippen LogP contribution in [0.4, 0.5) is 16.6 Å². The first kappa shape index (κ1) is 33.6. The van der Waals surface area contributed by atoms with Crippen LogP contribution in [0, 0.1) is 27.7 Å². The highest BCUT2D eigenvalue weighted by atomic mass is 35.5. The summed E-state index contributed by atoms with van der Waals surface area (Å²) in [5.74, 6) is 0.0467. The van der Waals surface area contributed by atoms with E-state index >= 15 is 0 Å². The topological polar surface area (TPSA) is 203 Å². The fraction of sp³-hybridized carbons (Fsp3) is 0.419. The maximum Gasteiger partial charge on any atom is 0.407 e. The lowest BCUT2D eigenvalue weighted by Crippen LogP contribution is -2.51. The number of ether oxygens (including phenoxy) is 1. The van der Waals surface area contributed by atoms with Gasteiger partial charge in [0.15, 0.2) is 5.82 Å². The van der Waals surface area contributed by atoms with Crippen LogP contribution in [0.1, 0.15) is 49.7 Å². The van der Waals surface area contributed by atoms with E-state index in [1.165, 1.54) is 9.80 Å². The number of H-pyrrole nitrogens is 1. The summed E-state index contributed by atoms with van der Waals surface area (Å²) in [7, 11) is 1.58. The molecule has 1 unspecified atom stereocenters. The highest BCUT2D eigenvalue weighted by molar-refractivity contribution is 6.41. The molecular formula is C31H38ClN9O6. The first-order valence-electron chi connectivity index (χ1n) is 15.0. The van der Waals surface area contributed by atoms with E-state index in [1.807, 2.05) is 18.7 Å². The quantitative estimate of drug-likeness (QED) is 0.165. The summed E-state index contributed by atoms with van der Waals surface area (Å²) < 4.78 is 5.54. The van der Waals surface area contributed by atoms with Crippen molar-refractivity contribution in [1.29, 1.82) is 0 Å². The lowest BCUT2D eigenvalue weighted by Gasteiger charge is -2.34. The summed E-state index contributed by atoms with van der Waals surface area (Å²) in [4.78, 5) is 59.3. The molecule has 2 aliphatic heterocycles. The SMILES string of the molecule is COc1c(C)cnc(CN2C(=O)C(=Cc3[nH]c(C)c(C(=O)NCC(O)CN4CCN(C(=O)O)CC4)c3C)c3c(Cl)nc(N)nc32)c1C. The van der Waals surface area contributed by atoms with E-state index in [-0.39, 0.29) is 41.5 Å². The summed E-state index contributed by atoms with van der Waals surface area (Å²) in [6, 6.07) is 0. The first-order valence-corrected chi connectivity index (χ1v) is 15.4. The molecule has 250 valence electrons. The smallest absolute Gasteiger partial charge is 0.407 e. The summed E-state index contributed by atoms with van der Waals surface area (Å²) in [6.45, 7) is 9.36. The van der Waals surface area contributed by atoms with Gasteiger partial charge in [-0.1, -0.05) is 11.6 Å². The lowest BCUT2D eigenvalue weighted by atomic mass is 10.1. The Labute approximate surface area is 276 Å². The zero-order chi connectivity index (χ0) is 34.2. The number of aryl methyl sites for hydroxylation is 2. The number of carbonyl (C=O) groups is 3. The molecule has 1 fully saturated rings. The Balaban J connectivity index is 1.36. The molecule has 5 rings (SSSR count). The number of aliphatic hydroxyl groups is 1. The lowest BCUT2D eigenvalue weighted by molar-refractivity contribution is -0.113. The largest absolute Gasteiger partial charge is 0.496 e. The third-order valence-electron chi connectivity index (χ3n) is 8.52. The van der Waals surface area contributed by atoms with E-state index in [0.29, 0.717) is 72.2 Å². The number of aromatic nitrogens is 4. The number of anilines is 2. The molecule has 16 heteroatoms. The molecular weight excluding hydrogens is 630 g/mol. The highest BCUT2D eigenvalue weighted by Crippen LogP contribution is 2.42. The zero-order valence-corrected chi connectivity index (χ0v) is 27.6. The minimum absolute atomic E-state index is 0.00486. The molecule has 1 saturated heterocycles. The summed E-state index contributed by atoms with van der Waals surface area (Å²) in [5, 5.41) is 22.5. The van der Waals surface area contributed by atoms with Gasteiger partial charge in [0.1, 0.15) is 10.9 Å². The van der Waals surface area contributed by atoms with Gasteiger partial charge in [0, 0.05) is 68.0 Å². The Morgan fingerprint density at radius 3 is 2.53 bits per heavy atom. The average molecular weight is 668 g/mol. The standard InChI is InChI=1S/C31H38ClN9O6/c1-15-11-34-22(17(3)25(15)47-5)14-41-27-24(26(32)37-30(33)38-27)20(29(41)44)10-21-16(2)23(18(4)36-21)28(43)35-12-19(42)13-39-6-8-40(9-7-39)31(45)46/h10-11,19,36,42H,6-9,12-14H2,1-5H3,(H,35,43)(H,45,46)(H2,33,37,38). The summed E-state index contributed by atoms with van der Waals surface area (Å²) in [5.41, 5.74) is 10.8. The van der Waals surface area contributed by atoms with Crippen LogP contribution in [0.15, 0.2) is 6.20 Å². The molecule has 3 aromatic rings. The fourth-order valence-electron chi connectivity index (χ4n) is 6.06. The van der Waals surface area contributed by atoms with E-state index in [1.54, 1.807) is 33.2 Å². The molecule has 6 N–H and O–H groups in total. The van der Waals surface area contributed by atoms with Gasteiger partial charge in [0.05, 0.1) is 42.2 Å². The first-order chi connectivity index (χ1) is 22.3. The number of rotatable bonds is 9. The number of nitrogens with two attached hydrogens (primary N) is 1. The van der Waals surface area contributed by atoms with Gasteiger partial charge in [0.2, 0.25) is 5.95 Å². The number of nitrogens with zero attached hydrogens (tertiary/aromatic N) is 6. The zero-order valence-electron chi connectivity index (χ0n) is 26.8. The van der Waals surface area contributed by atoms with Gasteiger partial charge in [-0.3, -0.25) is 24.4 Å². The minimum Gasteiger partial charge on any atom is -0.496 e. The minimum atomic E-state index is -0.958. The van der Waals surface area contributed by atoms with Crippen LogP contribution < -0.4 is 20.7 Å². The molecule has 3 aromatic heterocycles. The van der Waals surface area contributed by atoms with Crippen molar-refractivity contribution in [3.63, 3.8) is 0 Å². The third kappa shape index (κ3) is 6.73. The molecule has 5 heterocycles. The average Bonchev–Trinajstić information content (AvgIpc) is 3.44. The Morgan fingerprint density at radius 1 is 1.17 bits per heavy atom. The number of halogens is 1. The fourth-order valence-corrected chi connectivity index (χ4v) is 6.33. The van der Waals surface area contributed by atoms with Crippen LogP contribution in [0.25, 0.3) is 11.6 Å². The normalized spacial score (nSPS) is 16.5. The number of pyridine rings is 1. The Hall–Kier alpha value is -4.73. The molecule has 3 amide bonds. The molecule has 0 bridgehead atoms. The van der Waals surface area contributed by atoms with E-state index in [4.69, 9.17) is 27.2 Å². The number of aliphatic hydroxyl groups excluding tert-OH is 1. The predicted octanol–water partition coefficient (Wildman–Crippen LogP) is 2.15. The van der Waals surface area contributed by atoms with Gasteiger partial charge < -0.3 is 35.9 Å². The van der Waals surface area contributed by atoms with Crippen molar-refractivity contribution in [3.8, 4) is 5.75 Å². The van der Waals surface area contributed by atoms with Gasteiger partial charge in [-0.05, 0) is 39.3 Å². The second-order valence-electron chi connectivity index (χ2n) is 11.7. The van der Waals surface area contributed by atoms with Crippen LogP contribution in [-0.2, 0) is 11.3 Å². The summed E-state index contributed by atoms with van der Waals surface area (Å²) in [6.07, 6.45) is 1.49. The molecule has 47 heavy (non-hydrogen) atoms. The predicted molar refractivity (Wildman–Crippen MR) is 175 cm³/mol. The van der Waals surface area contributed by atoms with E-state index < -0.39 is 18.1 Å². The molecule has 2 aliphatic rings. The monoisotopic (exact) mass is 667 g/mol. The number of carbonyl (C=O) groups excluding carboxylic acids is 2. The molecule has 0 radical (unpaired) electrons. The Bertz CT molecular complexity index is 1770. The second kappa shape index (κ2) is 13.6. The number of nitrogen functional groups attached to an aromatic ring is 1. The van der Waals surface area contributed by atoms with Crippen molar-refractivity contribution >= 4 is 52.9 Å². The Morgan fingerprint density at radius 2 is 1.87 bits per heavy atom. The highest BCUT2D eigenvalue weighted by Gasteiger charge is 2.38. The number of hydrogen-bond acceptors (Lipinski definition) is 10. The third-order valence-corrected chi connectivity index (χ3v) is 8.80. The van der Waals surface area contributed by atoms with Crippen molar-refractivity contribution in [2.24, 2.45) is 0 Å². The van der Waals surface area contributed by atoms with E-state index in [0.717, 1.165) is 11.1 Å². The van der Waals surface area contributed by atoms with Crippen LogP contribution in [0.2, 0.25) is 5.15 Å². The Kier molecular flexibility index (Phi) is 9.70. The number of methoxy groups -OCH3 is 1. The van der Waals surface area contributed by atoms with Crippen molar-refractivity contribution in [3.05, 3.63) is 56.2 Å². The van der Waals surface area contributed by atoms with Gasteiger partial charge >= 0.3 is 6.09 Å². The van der Waals surface area contributed by atoms with Crippen LogP contribution in [-0.4, -0.2) is 110 Å². The van der Waals surface area contributed by atoms with Crippen molar-refractivity contribution in [1.82, 2.24) is 35.1 Å². The van der Waals surface area contributed by atoms with Gasteiger partial charge in [0.25, 0.3) is 11.8 Å². The van der Waals surface area contributed by atoms with Crippen molar-refractivity contribution in [2.45, 2.75) is 40.3 Å². The molecule has 1 atom stereocenters. The molecule has 0 saturated carbocycles. The number of aromatic amines is 1. The van der Waals surface area contributed by atoms with Crippen LogP contribution >= 0.6 is 11.6 Å². The van der Waals surface area contributed by atoms with Crippen molar-refractivity contribution in [2.75, 3.05) is 57.0 Å². The van der Waals surface area contributed by atoms with Gasteiger partial charge in [-0.15, -0.1) is 0 Å². The molecule has 0 aromatic carbocycles. The number of nitrogens with one attached hydrogen (secondary N) is 2. The maximum absolute atomic E-state index is 14.0. The van der Waals surface area contributed by atoms with E-state index in [9.17, 15) is 19.5 Å². The molecule has 0 aliphatic carbocycles. The molecule has 15 nitrogen and oxygen atoms in total. The summed E-state index contributed by atoms with van der Waals surface area (Å²) >= 11 is 6.54.